The van der Waals surface area contributed by atoms with E-state index in [1.165, 1.54) is 12.1 Å². The molecule has 0 aromatic heterocycles. The molecule has 1 aromatic rings. The minimum Gasteiger partial charge on any atom is -0.478 e. The van der Waals surface area contributed by atoms with Gasteiger partial charge in [0.2, 0.25) is 0 Å². The van der Waals surface area contributed by atoms with E-state index >= 15 is 0 Å². The zero-order valence-electron chi connectivity index (χ0n) is 11.5. The second-order valence-electron chi connectivity index (χ2n) is 5.03. The van der Waals surface area contributed by atoms with Crippen LogP contribution in [0, 0.1) is 0 Å². The summed E-state index contributed by atoms with van der Waals surface area (Å²) in [6, 6.07) is 4.51. The first kappa shape index (κ1) is 14.7. The molecule has 20 heavy (non-hydrogen) atoms. The van der Waals surface area contributed by atoms with Gasteiger partial charge >= 0.3 is 5.97 Å². The lowest BCUT2D eigenvalue weighted by atomic mass is 9.98. The van der Waals surface area contributed by atoms with Gasteiger partial charge in [-0.1, -0.05) is 12.1 Å². The molecule has 0 saturated heterocycles. The summed E-state index contributed by atoms with van der Waals surface area (Å²) in [6.07, 6.45) is 3.90. The maximum atomic E-state index is 11.8. The van der Waals surface area contributed by atoms with Crippen LogP contribution in [0.15, 0.2) is 29.2 Å². The van der Waals surface area contributed by atoms with Crippen molar-refractivity contribution in [2.75, 3.05) is 26.4 Å². The number of sulfone groups is 1. The van der Waals surface area contributed by atoms with Gasteiger partial charge in [-0.3, -0.25) is 0 Å². The van der Waals surface area contributed by atoms with Gasteiger partial charge in [0.15, 0.2) is 9.84 Å². The van der Waals surface area contributed by atoms with Crippen molar-refractivity contribution >= 4 is 21.4 Å². The van der Waals surface area contributed by atoms with Crippen molar-refractivity contribution in [1.82, 2.24) is 4.90 Å². The van der Waals surface area contributed by atoms with Gasteiger partial charge in [-0.25, -0.2) is 13.2 Å². The van der Waals surface area contributed by atoms with E-state index in [0.717, 1.165) is 36.9 Å². The van der Waals surface area contributed by atoms with E-state index in [9.17, 15) is 13.2 Å². The van der Waals surface area contributed by atoms with Gasteiger partial charge in [0.05, 0.1) is 10.5 Å². The van der Waals surface area contributed by atoms with Crippen LogP contribution in [0.2, 0.25) is 0 Å². The fourth-order valence-electron chi connectivity index (χ4n) is 2.24. The number of carboxylic acid groups (broad SMARTS) is 1. The Morgan fingerprint density at radius 3 is 2.55 bits per heavy atom. The summed E-state index contributed by atoms with van der Waals surface area (Å²) < 4.78 is 23.5. The molecule has 1 aliphatic heterocycles. The van der Waals surface area contributed by atoms with E-state index in [1.807, 2.05) is 13.1 Å². The SMILES string of the molecule is CN1CC=C(c2ccc(C(=O)O)c(S(C)(=O)=O)c2)CC1. The fraction of sp³-hybridized carbons (Fsp3) is 0.357. The third kappa shape index (κ3) is 3.08. The highest BCUT2D eigenvalue weighted by atomic mass is 32.2. The Morgan fingerprint density at radius 1 is 1.35 bits per heavy atom. The summed E-state index contributed by atoms with van der Waals surface area (Å²) in [4.78, 5) is 13.1. The smallest absolute Gasteiger partial charge is 0.337 e. The van der Waals surface area contributed by atoms with Crippen molar-refractivity contribution in [3.63, 3.8) is 0 Å². The Morgan fingerprint density at radius 2 is 2.05 bits per heavy atom. The highest BCUT2D eigenvalue weighted by molar-refractivity contribution is 7.90. The fourth-order valence-corrected chi connectivity index (χ4v) is 3.13. The molecule has 0 unspecified atom stereocenters. The molecule has 0 radical (unpaired) electrons. The molecule has 0 amide bonds. The second-order valence-corrected chi connectivity index (χ2v) is 7.01. The largest absolute Gasteiger partial charge is 0.478 e. The van der Waals surface area contributed by atoms with Gasteiger partial charge in [0.25, 0.3) is 0 Å². The molecule has 2 rings (SSSR count). The normalized spacial score (nSPS) is 16.8. The van der Waals surface area contributed by atoms with Crippen molar-refractivity contribution < 1.29 is 18.3 Å². The first-order valence-corrected chi connectivity index (χ1v) is 8.13. The van der Waals surface area contributed by atoms with E-state index in [0.29, 0.717) is 0 Å². The number of hydrogen-bond acceptors (Lipinski definition) is 4. The number of benzene rings is 1. The third-order valence-corrected chi connectivity index (χ3v) is 4.53. The van der Waals surface area contributed by atoms with Crippen molar-refractivity contribution in [3.8, 4) is 0 Å². The van der Waals surface area contributed by atoms with Gasteiger partial charge in [-0.05, 0) is 36.7 Å². The molecule has 1 aromatic carbocycles. The number of nitrogens with zero attached hydrogens (tertiary/aromatic N) is 1. The molecule has 5 nitrogen and oxygen atoms in total. The number of carbonyl (C=O) groups is 1. The topological polar surface area (TPSA) is 74.7 Å². The first-order chi connectivity index (χ1) is 9.29. The Bertz CT molecular complexity index is 676. The summed E-state index contributed by atoms with van der Waals surface area (Å²) in [5.41, 5.74) is 1.67. The van der Waals surface area contributed by atoms with Crippen LogP contribution in [0.5, 0.6) is 0 Å². The van der Waals surface area contributed by atoms with Crippen molar-refractivity contribution in [2.45, 2.75) is 11.3 Å². The van der Waals surface area contributed by atoms with E-state index < -0.39 is 15.8 Å². The predicted molar refractivity (Wildman–Crippen MR) is 76.6 cm³/mol. The van der Waals surface area contributed by atoms with Gasteiger partial charge in [-0.15, -0.1) is 0 Å². The van der Waals surface area contributed by atoms with Crippen LogP contribution < -0.4 is 0 Å². The van der Waals surface area contributed by atoms with Crippen LogP contribution in [0.4, 0.5) is 0 Å². The Labute approximate surface area is 118 Å². The van der Waals surface area contributed by atoms with Crippen molar-refractivity contribution in [2.24, 2.45) is 0 Å². The Hall–Kier alpha value is -1.66. The molecule has 0 spiro atoms. The van der Waals surface area contributed by atoms with Crippen LogP contribution in [0.1, 0.15) is 22.3 Å². The highest BCUT2D eigenvalue weighted by Gasteiger charge is 2.20. The molecule has 0 bridgehead atoms. The highest BCUT2D eigenvalue weighted by Crippen LogP contribution is 2.26. The standard InChI is InChI=1S/C14H17NO4S/c1-15-7-5-10(6-8-15)11-3-4-12(14(16)17)13(9-11)20(2,18)19/h3-5,9H,6-8H2,1-2H3,(H,16,17). The number of aromatic carboxylic acids is 1. The number of likely N-dealkylation sites (N-methyl/N-ethyl adjacent to an activating group) is 1. The van der Waals surface area contributed by atoms with Crippen LogP contribution in [-0.2, 0) is 9.84 Å². The van der Waals surface area contributed by atoms with Crippen LogP contribution in [-0.4, -0.2) is 50.8 Å². The molecular weight excluding hydrogens is 278 g/mol. The van der Waals surface area contributed by atoms with Crippen molar-refractivity contribution in [3.05, 3.63) is 35.4 Å². The minimum atomic E-state index is -3.57. The van der Waals surface area contributed by atoms with E-state index in [2.05, 4.69) is 4.90 Å². The minimum absolute atomic E-state index is 0.123. The van der Waals surface area contributed by atoms with Crippen molar-refractivity contribution in [1.29, 1.82) is 0 Å². The third-order valence-electron chi connectivity index (χ3n) is 3.39. The molecule has 1 heterocycles. The van der Waals surface area contributed by atoms with E-state index in [-0.39, 0.29) is 10.5 Å². The van der Waals surface area contributed by atoms with Crippen LogP contribution >= 0.6 is 0 Å². The predicted octanol–water partition coefficient (Wildman–Crippen LogP) is 1.51. The quantitative estimate of drug-likeness (QED) is 0.915. The number of hydrogen-bond donors (Lipinski definition) is 1. The molecule has 0 aliphatic carbocycles. The molecule has 0 saturated carbocycles. The summed E-state index contributed by atoms with van der Waals surface area (Å²) >= 11 is 0. The lowest BCUT2D eigenvalue weighted by molar-refractivity contribution is 0.0692. The van der Waals surface area contributed by atoms with Crippen LogP contribution in [0.3, 0.4) is 0 Å². The molecule has 1 aliphatic rings. The summed E-state index contributed by atoms with van der Waals surface area (Å²) in [5, 5.41) is 9.08. The van der Waals surface area contributed by atoms with Gasteiger partial charge in [0, 0.05) is 19.3 Å². The molecule has 108 valence electrons. The van der Waals surface area contributed by atoms with Gasteiger partial charge in [-0.2, -0.15) is 0 Å². The zero-order valence-corrected chi connectivity index (χ0v) is 12.3. The molecule has 0 atom stereocenters. The molecule has 6 heteroatoms. The lowest BCUT2D eigenvalue weighted by Gasteiger charge is -2.22. The van der Waals surface area contributed by atoms with E-state index in [4.69, 9.17) is 5.11 Å². The average Bonchev–Trinajstić information content (AvgIpc) is 2.38. The maximum absolute atomic E-state index is 11.8. The monoisotopic (exact) mass is 295 g/mol. The van der Waals surface area contributed by atoms with Gasteiger partial charge < -0.3 is 10.0 Å². The number of rotatable bonds is 3. The summed E-state index contributed by atoms with van der Waals surface area (Å²) in [7, 11) is -1.55. The lowest BCUT2D eigenvalue weighted by Crippen LogP contribution is -2.23. The molecule has 1 N–H and O–H groups in total. The Balaban J connectivity index is 2.51. The Kier molecular flexibility index (Phi) is 3.96. The molecule has 0 fully saturated rings. The summed E-state index contributed by atoms with van der Waals surface area (Å²) in [5.74, 6) is -1.23. The van der Waals surface area contributed by atoms with E-state index in [1.54, 1.807) is 6.07 Å². The second kappa shape index (κ2) is 5.38. The molecular formula is C14H17NO4S. The first-order valence-electron chi connectivity index (χ1n) is 6.24. The van der Waals surface area contributed by atoms with Crippen LogP contribution in [0.25, 0.3) is 5.57 Å². The van der Waals surface area contributed by atoms with Gasteiger partial charge in [0.1, 0.15) is 0 Å². The maximum Gasteiger partial charge on any atom is 0.337 e. The zero-order chi connectivity index (χ0) is 14.9. The average molecular weight is 295 g/mol. The number of carboxylic acids is 1. The summed E-state index contributed by atoms with van der Waals surface area (Å²) in [6.45, 7) is 1.71.